The van der Waals surface area contributed by atoms with E-state index in [1.807, 2.05) is 6.08 Å². The molecule has 1 aliphatic heterocycles. The summed E-state index contributed by atoms with van der Waals surface area (Å²) in [6.07, 6.45) is 2.03. The van der Waals surface area contributed by atoms with Crippen LogP contribution in [0.5, 0.6) is 0 Å². The van der Waals surface area contributed by atoms with Crippen LogP contribution in [0.25, 0.3) is 0 Å². The summed E-state index contributed by atoms with van der Waals surface area (Å²) in [6.45, 7) is 4.22. The van der Waals surface area contributed by atoms with Crippen LogP contribution in [0.15, 0.2) is 22.0 Å². The first kappa shape index (κ1) is 7.62. The van der Waals surface area contributed by atoms with Crippen molar-refractivity contribution < 1.29 is 0 Å². The van der Waals surface area contributed by atoms with Crippen LogP contribution in [0.3, 0.4) is 0 Å². The molecule has 0 aromatic heterocycles. The van der Waals surface area contributed by atoms with E-state index in [1.165, 1.54) is 0 Å². The second kappa shape index (κ2) is 3.62. The molecule has 0 spiro atoms. The summed E-state index contributed by atoms with van der Waals surface area (Å²) in [5.74, 6) is 4.31. The molecule has 3 heteroatoms. The van der Waals surface area contributed by atoms with E-state index in [0.29, 0.717) is 5.92 Å². The van der Waals surface area contributed by atoms with Gasteiger partial charge in [-0.1, -0.05) is 0 Å². The van der Waals surface area contributed by atoms with Crippen molar-refractivity contribution >= 4 is 19.5 Å². The Morgan fingerprint density at radius 3 is 3.00 bits per heavy atom. The molecule has 10 heavy (non-hydrogen) atoms. The molecule has 0 radical (unpaired) electrons. The molecule has 0 saturated carbocycles. The van der Waals surface area contributed by atoms with Crippen molar-refractivity contribution in [3.8, 4) is 0 Å². The number of hydrogen-bond acceptors (Lipinski definition) is 2. The van der Waals surface area contributed by atoms with Gasteiger partial charge < -0.3 is 0 Å². The van der Waals surface area contributed by atoms with E-state index in [0.717, 1.165) is 13.5 Å². The van der Waals surface area contributed by atoms with Crippen LogP contribution in [0.1, 0.15) is 13.8 Å². The fourth-order valence-corrected chi connectivity index (χ4v) is 1.05. The number of azo groups is 1. The van der Waals surface area contributed by atoms with Gasteiger partial charge in [0.05, 0.1) is 0 Å². The summed E-state index contributed by atoms with van der Waals surface area (Å²) in [4.78, 5) is 0. The van der Waals surface area contributed by atoms with Gasteiger partial charge in [0.25, 0.3) is 0 Å². The van der Waals surface area contributed by atoms with Gasteiger partial charge in [0, 0.05) is 0 Å². The Labute approximate surface area is 62.1 Å². The van der Waals surface area contributed by atoms with Gasteiger partial charge in [-0.05, 0) is 0 Å². The minimum absolute atomic E-state index is 0.474. The Bertz CT molecular complexity index is 232. The summed E-state index contributed by atoms with van der Waals surface area (Å²) < 4.78 is 0. The summed E-state index contributed by atoms with van der Waals surface area (Å²) >= 11 is 0. The first-order valence-corrected chi connectivity index (χ1v) is 4.30. The van der Waals surface area contributed by atoms with Crippen LogP contribution in [0, 0.1) is 5.92 Å². The van der Waals surface area contributed by atoms with Crippen molar-refractivity contribution in [3.63, 3.8) is 0 Å². The Balaban J connectivity index is 2.81. The molecule has 0 aliphatic carbocycles. The van der Waals surface area contributed by atoms with Gasteiger partial charge >= 0.3 is 61.3 Å². The molecule has 0 aromatic carbocycles. The average molecular weight is 153 g/mol. The van der Waals surface area contributed by atoms with Crippen LogP contribution in [-0.2, 0) is 0 Å². The predicted molar refractivity (Wildman–Crippen MR) is 46.8 cm³/mol. The molecular formula is C7H10N2P+. The number of allylic oxidation sites excluding steroid dienone is 2. The fraction of sp³-hybridized carbons (Fsp3) is 0.429. The number of hydrogen-bond donors (Lipinski definition) is 0. The zero-order chi connectivity index (χ0) is 7.40. The molecule has 2 nitrogen and oxygen atoms in total. The van der Waals surface area contributed by atoms with Gasteiger partial charge in [0.15, 0.2) is 0 Å². The van der Waals surface area contributed by atoms with Crippen LogP contribution in [-0.4, -0.2) is 11.7 Å². The van der Waals surface area contributed by atoms with E-state index in [9.17, 15) is 0 Å². The van der Waals surface area contributed by atoms with Crippen LogP contribution < -0.4 is 0 Å². The zero-order valence-electron chi connectivity index (χ0n) is 6.15. The molecule has 0 aromatic rings. The molecule has 0 saturated heterocycles. The zero-order valence-corrected chi connectivity index (χ0v) is 7.05. The second-order valence-corrected chi connectivity index (χ2v) is 3.20. The Morgan fingerprint density at radius 2 is 2.30 bits per heavy atom. The van der Waals surface area contributed by atoms with Crippen molar-refractivity contribution in [1.82, 2.24) is 0 Å². The van der Waals surface area contributed by atoms with Crippen molar-refractivity contribution in [2.45, 2.75) is 13.8 Å². The summed E-state index contributed by atoms with van der Waals surface area (Å²) in [7, 11) is 1.12. The molecule has 0 N–H and O–H groups in total. The third-order valence-corrected chi connectivity index (χ3v) is 1.77. The average Bonchev–Trinajstić information content (AvgIpc) is 2.12. The fourth-order valence-electron chi connectivity index (χ4n) is 0.621. The van der Waals surface area contributed by atoms with Gasteiger partial charge in [0.1, 0.15) is 0 Å². The Hall–Kier alpha value is -0.490. The third kappa shape index (κ3) is 2.03. The SMILES string of the molecule is CC(C)C1=CC=[P+]=CN=N1. The predicted octanol–water partition coefficient (Wildman–Crippen LogP) is 2.50. The van der Waals surface area contributed by atoms with E-state index in [4.69, 9.17) is 0 Å². The van der Waals surface area contributed by atoms with Crippen LogP contribution in [0.4, 0.5) is 0 Å². The minimum atomic E-state index is 0.474. The van der Waals surface area contributed by atoms with Gasteiger partial charge in [-0.15, -0.1) is 0 Å². The van der Waals surface area contributed by atoms with E-state index in [1.54, 1.807) is 5.92 Å². The molecule has 0 amide bonds. The Kier molecular flexibility index (Phi) is 2.76. The molecule has 0 fully saturated rings. The van der Waals surface area contributed by atoms with Crippen molar-refractivity contribution in [2.24, 2.45) is 16.1 Å². The van der Waals surface area contributed by atoms with Gasteiger partial charge in [-0.3, -0.25) is 0 Å². The summed E-state index contributed by atoms with van der Waals surface area (Å²) in [5, 5.41) is 7.88. The van der Waals surface area contributed by atoms with Crippen molar-refractivity contribution in [2.75, 3.05) is 0 Å². The van der Waals surface area contributed by atoms with Crippen LogP contribution in [0.2, 0.25) is 0 Å². The third-order valence-electron chi connectivity index (χ3n) is 1.21. The van der Waals surface area contributed by atoms with Crippen molar-refractivity contribution in [3.05, 3.63) is 11.8 Å². The molecular weight excluding hydrogens is 143 g/mol. The monoisotopic (exact) mass is 153 g/mol. The Morgan fingerprint density at radius 1 is 1.50 bits per heavy atom. The van der Waals surface area contributed by atoms with E-state index in [-0.39, 0.29) is 0 Å². The van der Waals surface area contributed by atoms with Gasteiger partial charge in [-0.25, -0.2) is 0 Å². The second-order valence-electron chi connectivity index (χ2n) is 2.38. The standard InChI is InChI=1S/C7H10N2P/c1-6(2)7-3-4-10-5-8-9-7/h3-6H,1-2H3/q+1. The number of rotatable bonds is 1. The van der Waals surface area contributed by atoms with E-state index in [2.05, 4.69) is 29.9 Å². The van der Waals surface area contributed by atoms with E-state index >= 15 is 0 Å². The molecule has 1 rings (SSSR count). The molecule has 1 aliphatic rings. The first-order chi connectivity index (χ1) is 4.80. The first-order valence-electron chi connectivity index (χ1n) is 3.26. The topological polar surface area (TPSA) is 24.7 Å². The quantitative estimate of drug-likeness (QED) is 0.517. The maximum absolute atomic E-state index is 4.02. The molecule has 52 valence electrons. The van der Waals surface area contributed by atoms with Crippen molar-refractivity contribution in [1.29, 1.82) is 0 Å². The van der Waals surface area contributed by atoms with Gasteiger partial charge in [0.2, 0.25) is 0 Å². The molecule has 0 unspecified atom stereocenters. The molecule has 0 atom stereocenters. The van der Waals surface area contributed by atoms with Gasteiger partial charge in [-0.2, -0.15) is 0 Å². The van der Waals surface area contributed by atoms with Crippen LogP contribution >= 0.6 is 7.83 Å². The molecule has 0 bridgehead atoms. The summed E-state index contributed by atoms with van der Waals surface area (Å²) in [5.41, 5.74) is 1.06. The maximum atomic E-state index is 4.02. The number of nitrogens with zero attached hydrogens (tertiary/aromatic N) is 2. The normalized spacial score (nSPS) is 16.5. The summed E-state index contributed by atoms with van der Waals surface area (Å²) in [6, 6.07) is 0. The van der Waals surface area contributed by atoms with E-state index < -0.39 is 0 Å². The molecule has 1 heterocycles.